The normalized spacial score (nSPS) is 12.2. The Morgan fingerprint density at radius 2 is 1.82 bits per heavy atom. The van der Waals surface area contributed by atoms with Gasteiger partial charge in [0.2, 0.25) is 0 Å². The molecule has 5 heteroatoms. The van der Waals surface area contributed by atoms with Crippen LogP contribution in [-0.2, 0) is 0 Å². The Hall–Kier alpha value is -1.29. The van der Waals surface area contributed by atoms with E-state index in [1.165, 1.54) is 12.1 Å². The molecule has 0 aliphatic rings. The van der Waals surface area contributed by atoms with Crippen LogP contribution in [0, 0.1) is 5.82 Å². The maximum Gasteiger partial charge on any atom is 0.123 e. The molecule has 0 amide bonds. The first-order valence-corrected chi connectivity index (χ1v) is 7.80. The second-order valence-electron chi connectivity index (χ2n) is 4.99. The molecule has 2 nitrogen and oxygen atoms in total. The highest BCUT2D eigenvalue weighted by Gasteiger charge is 2.14. The zero-order valence-electron chi connectivity index (χ0n) is 11.9. The van der Waals surface area contributed by atoms with Gasteiger partial charge in [0.15, 0.2) is 0 Å². The number of benzene rings is 2. The molecule has 0 fully saturated rings. The molecule has 0 aromatic heterocycles. The summed E-state index contributed by atoms with van der Waals surface area (Å²) in [5, 5.41) is 10.7. The van der Waals surface area contributed by atoms with Crippen molar-refractivity contribution >= 4 is 23.2 Å². The molecular formula is C17H17Cl2FO2. The summed E-state index contributed by atoms with van der Waals surface area (Å²) in [4.78, 5) is 0. The Balaban J connectivity index is 1.84. The lowest BCUT2D eigenvalue weighted by Crippen LogP contribution is -2.07. The van der Waals surface area contributed by atoms with E-state index in [4.69, 9.17) is 27.9 Å². The predicted molar refractivity (Wildman–Crippen MR) is 87.4 cm³/mol. The van der Waals surface area contributed by atoms with Crippen LogP contribution in [0.2, 0.25) is 10.0 Å². The van der Waals surface area contributed by atoms with Crippen molar-refractivity contribution in [1.82, 2.24) is 0 Å². The van der Waals surface area contributed by atoms with Gasteiger partial charge in [-0.3, -0.25) is 0 Å². The molecule has 1 atom stereocenters. The first-order valence-electron chi connectivity index (χ1n) is 7.04. The molecule has 22 heavy (non-hydrogen) atoms. The van der Waals surface area contributed by atoms with Gasteiger partial charge in [-0.1, -0.05) is 29.3 Å². The van der Waals surface area contributed by atoms with Crippen molar-refractivity contribution in [2.75, 3.05) is 13.2 Å². The van der Waals surface area contributed by atoms with Gasteiger partial charge in [0, 0.05) is 22.6 Å². The quantitative estimate of drug-likeness (QED) is 0.712. The van der Waals surface area contributed by atoms with Gasteiger partial charge in [-0.2, -0.15) is 0 Å². The van der Waals surface area contributed by atoms with Crippen LogP contribution in [0.25, 0.3) is 0 Å². The molecule has 0 unspecified atom stereocenters. The molecule has 118 valence electrons. The predicted octanol–water partition coefficient (Wildman–Crippen LogP) is 5.07. The summed E-state index contributed by atoms with van der Waals surface area (Å²) in [5.74, 6) is 0.290. The van der Waals surface area contributed by atoms with Crippen molar-refractivity contribution in [2.45, 2.75) is 18.8 Å². The molecule has 0 saturated carbocycles. The van der Waals surface area contributed by atoms with Crippen LogP contribution in [0.15, 0.2) is 42.5 Å². The zero-order valence-corrected chi connectivity index (χ0v) is 13.4. The minimum absolute atomic E-state index is 0.0118. The third-order valence-corrected chi connectivity index (χ3v) is 3.96. The van der Waals surface area contributed by atoms with Gasteiger partial charge in [0.1, 0.15) is 11.6 Å². The zero-order chi connectivity index (χ0) is 15.9. The molecule has 0 spiro atoms. The first kappa shape index (κ1) is 17.1. The second-order valence-corrected chi connectivity index (χ2v) is 5.83. The maximum absolute atomic E-state index is 12.8. The summed E-state index contributed by atoms with van der Waals surface area (Å²) in [5.41, 5.74) is 0.885. The van der Waals surface area contributed by atoms with Gasteiger partial charge in [0.05, 0.1) is 6.61 Å². The van der Waals surface area contributed by atoms with Crippen molar-refractivity contribution in [3.05, 3.63) is 63.9 Å². The Labute approximate surface area is 139 Å². The summed E-state index contributed by atoms with van der Waals surface area (Å²) in [6.07, 6.45) is 1.49. The summed E-state index contributed by atoms with van der Waals surface area (Å²) in [6, 6.07) is 11.2. The largest absolute Gasteiger partial charge is 0.494 e. The standard InChI is InChI=1S/C17H17Cl2FO2/c18-13-3-8-16(17(19)10-13)12(11-21)2-1-9-22-15-6-4-14(20)5-7-15/h3-8,10,12,21H,1-2,9,11H2/t12-/m0/s1. The number of aliphatic hydroxyl groups is 1. The van der Waals surface area contributed by atoms with Crippen LogP contribution in [0.4, 0.5) is 4.39 Å². The van der Waals surface area contributed by atoms with Crippen LogP contribution in [0.5, 0.6) is 5.75 Å². The fourth-order valence-electron chi connectivity index (χ4n) is 2.23. The van der Waals surface area contributed by atoms with E-state index in [0.29, 0.717) is 22.4 Å². The van der Waals surface area contributed by atoms with E-state index in [0.717, 1.165) is 18.4 Å². The van der Waals surface area contributed by atoms with E-state index >= 15 is 0 Å². The molecule has 2 aromatic rings. The van der Waals surface area contributed by atoms with Gasteiger partial charge in [-0.15, -0.1) is 0 Å². The first-order chi connectivity index (χ1) is 10.6. The van der Waals surface area contributed by atoms with E-state index in [9.17, 15) is 9.50 Å². The SMILES string of the molecule is OC[C@H](CCCOc1ccc(F)cc1)c1ccc(Cl)cc1Cl. The fourth-order valence-corrected chi connectivity index (χ4v) is 2.79. The van der Waals surface area contributed by atoms with Gasteiger partial charge in [-0.05, 0) is 54.8 Å². The molecule has 0 heterocycles. The Bertz CT molecular complexity index is 602. The average molecular weight is 343 g/mol. The topological polar surface area (TPSA) is 29.5 Å². The second kappa shape index (κ2) is 8.37. The van der Waals surface area contributed by atoms with Crippen LogP contribution >= 0.6 is 23.2 Å². The monoisotopic (exact) mass is 342 g/mol. The number of hydrogen-bond acceptors (Lipinski definition) is 2. The molecular weight excluding hydrogens is 326 g/mol. The van der Waals surface area contributed by atoms with Crippen molar-refractivity contribution < 1.29 is 14.2 Å². The van der Waals surface area contributed by atoms with E-state index in [1.807, 2.05) is 6.07 Å². The fraction of sp³-hybridized carbons (Fsp3) is 0.294. The third-order valence-electron chi connectivity index (χ3n) is 3.40. The lowest BCUT2D eigenvalue weighted by Gasteiger charge is -2.16. The van der Waals surface area contributed by atoms with Crippen molar-refractivity contribution in [3.8, 4) is 5.75 Å². The smallest absolute Gasteiger partial charge is 0.123 e. The third kappa shape index (κ3) is 4.87. The van der Waals surface area contributed by atoms with Gasteiger partial charge in [-0.25, -0.2) is 4.39 Å². The van der Waals surface area contributed by atoms with Gasteiger partial charge in [0.25, 0.3) is 0 Å². The summed E-state index contributed by atoms with van der Waals surface area (Å²) >= 11 is 12.0. The highest BCUT2D eigenvalue weighted by Crippen LogP contribution is 2.30. The average Bonchev–Trinajstić information content (AvgIpc) is 2.50. The van der Waals surface area contributed by atoms with Crippen LogP contribution in [-0.4, -0.2) is 18.3 Å². The Morgan fingerprint density at radius 3 is 2.45 bits per heavy atom. The maximum atomic E-state index is 12.8. The molecule has 0 radical (unpaired) electrons. The number of halogens is 3. The Morgan fingerprint density at radius 1 is 1.09 bits per heavy atom. The van der Waals surface area contributed by atoms with Crippen molar-refractivity contribution in [1.29, 1.82) is 0 Å². The van der Waals surface area contributed by atoms with Crippen LogP contribution in [0.1, 0.15) is 24.3 Å². The van der Waals surface area contributed by atoms with E-state index < -0.39 is 0 Å². The molecule has 1 N–H and O–H groups in total. The van der Waals surface area contributed by atoms with E-state index in [-0.39, 0.29) is 18.3 Å². The molecule has 0 saturated heterocycles. The Kier molecular flexibility index (Phi) is 6.49. The van der Waals surface area contributed by atoms with Gasteiger partial charge < -0.3 is 9.84 Å². The number of rotatable bonds is 7. The molecule has 0 bridgehead atoms. The minimum atomic E-state index is -0.287. The highest BCUT2D eigenvalue weighted by molar-refractivity contribution is 6.35. The van der Waals surface area contributed by atoms with Crippen LogP contribution < -0.4 is 4.74 Å². The summed E-state index contributed by atoms with van der Waals surface area (Å²) in [6.45, 7) is 0.505. The van der Waals surface area contributed by atoms with Crippen molar-refractivity contribution in [3.63, 3.8) is 0 Å². The van der Waals surface area contributed by atoms with Crippen LogP contribution in [0.3, 0.4) is 0 Å². The number of aliphatic hydroxyl groups excluding tert-OH is 1. The lowest BCUT2D eigenvalue weighted by atomic mass is 9.95. The number of ether oxygens (including phenoxy) is 1. The molecule has 2 aromatic carbocycles. The van der Waals surface area contributed by atoms with E-state index in [1.54, 1.807) is 24.3 Å². The number of hydrogen-bond donors (Lipinski definition) is 1. The van der Waals surface area contributed by atoms with Crippen molar-refractivity contribution in [2.24, 2.45) is 0 Å². The van der Waals surface area contributed by atoms with Gasteiger partial charge >= 0.3 is 0 Å². The minimum Gasteiger partial charge on any atom is -0.494 e. The highest BCUT2D eigenvalue weighted by atomic mass is 35.5. The summed E-state index contributed by atoms with van der Waals surface area (Å²) in [7, 11) is 0. The lowest BCUT2D eigenvalue weighted by molar-refractivity contribution is 0.243. The molecule has 2 rings (SSSR count). The summed E-state index contributed by atoms with van der Waals surface area (Å²) < 4.78 is 18.3. The molecule has 0 aliphatic heterocycles. The molecule has 0 aliphatic carbocycles. The van der Waals surface area contributed by atoms with E-state index in [2.05, 4.69) is 0 Å².